The molecular formula is C102H141N19O12. The number of nitrogens with two attached hydrogens (primary N) is 6. The van der Waals surface area contributed by atoms with Crippen LogP contribution in [0.3, 0.4) is 0 Å². The molecule has 31 heteroatoms. The Morgan fingerprint density at radius 3 is 0.752 bits per heavy atom. The molecule has 8 rings (SSSR count). The van der Waals surface area contributed by atoms with Crippen LogP contribution in [-0.4, -0.2) is 280 Å². The summed E-state index contributed by atoms with van der Waals surface area (Å²) >= 11 is 0. The van der Waals surface area contributed by atoms with E-state index in [0.29, 0.717) is 125 Å². The number of H-pyrrole nitrogens is 1. The van der Waals surface area contributed by atoms with Gasteiger partial charge in [0.15, 0.2) is 0 Å². The van der Waals surface area contributed by atoms with Crippen molar-refractivity contribution in [3.05, 3.63) is 251 Å². The van der Waals surface area contributed by atoms with Crippen molar-refractivity contribution in [3.8, 4) is 0 Å². The first kappa shape index (κ1) is 106. The van der Waals surface area contributed by atoms with Gasteiger partial charge in [0.25, 0.3) is 0 Å². The predicted octanol–water partition coefficient (Wildman–Crippen LogP) is 8.16. The molecule has 1 heterocycles. The van der Waals surface area contributed by atoms with Crippen molar-refractivity contribution in [1.82, 2.24) is 64.2 Å². The minimum atomic E-state index is -0.855. The van der Waals surface area contributed by atoms with Crippen LogP contribution in [0.15, 0.2) is 212 Å². The number of nitrogens with zero attached hydrogens (tertiary/aromatic N) is 11. The first-order valence-electron chi connectivity index (χ1n) is 46.7. The molecule has 133 heavy (non-hydrogen) atoms. The van der Waals surface area contributed by atoms with Crippen molar-refractivity contribution in [3.63, 3.8) is 0 Å². The fourth-order valence-electron chi connectivity index (χ4n) is 16.3. The lowest BCUT2D eigenvalue weighted by Gasteiger charge is -2.38. The summed E-state index contributed by atoms with van der Waals surface area (Å²) in [6.45, 7) is 6.95. The molecule has 0 spiro atoms. The molecular weight excluding hydrogens is 1680 g/mol. The van der Waals surface area contributed by atoms with Gasteiger partial charge in [-0.2, -0.15) is 0 Å². The molecule has 0 fully saturated rings. The Bertz CT molecular complexity index is 4950. The van der Waals surface area contributed by atoms with Crippen molar-refractivity contribution < 1.29 is 57.5 Å². The zero-order valence-corrected chi connectivity index (χ0v) is 78.5. The molecule has 12 amide bonds. The number of aromatic nitrogens is 1. The third-order valence-corrected chi connectivity index (χ3v) is 24.6. The molecule has 7 aromatic carbocycles. The number of nitrogens with one attached hydrogen (secondary N) is 2. The monoisotopic (exact) mass is 1820 g/mol. The van der Waals surface area contributed by atoms with E-state index in [1.807, 2.05) is 152 Å². The average molecular weight is 1830 g/mol. The predicted molar refractivity (Wildman–Crippen MR) is 518 cm³/mol. The Balaban J connectivity index is 1.08. The molecule has 1 aromatic heterocycles. The Morgan fingerprint density at radius 2 is 0.489 bits per heavy atom. The molecule has 0 radical (unpaired) electrons. The molecule has 6 atom stereocenters. The Kier molecular flexibility index (Phi) is 44.9. The summed E-state index contributed by atoms with van der Waals surface area (Å²) in [5.74, 6) is -7.23. The number of rotatable bonds is 59. The van der Waals surface area contributed by atoms with Crippen LogP contribution in [0, 0.1) is 0 Å². The van der Waals surface area contributed by atoms with Gasteiger partial charge < -0.3 is 98.6 Å². The summed E-state index contributed by atoms with van der Waals surface area (Å²) < 4.78 is 0. The summed E-state index contributed by atoms with van der Waals surface area (Å²) in [6, 6.07) is 57.5. The van der Waals surface area contributed by atoms with Crippen LogP contribution in [-0.2, 0) is 64.0 Å². The number of carbonyl (C=O) groups excluding carboxylic acids is 12. The van der Waals surface area contributed by atoms with E-state index in [1.165, 1.54) is 53.9 Å². The highest BCUT2D eigenvalue weighted by atomic mass is 16.2. The van der Waals surface area contributed by atoms with E-state index in [0.717, 1.165) is 22.0 Å². The van der Waals surface area contributed by atoms with Gasteiger partial charge in [0.1, 0.15) is 32.7 Å². The quantitative estimate of drug-likeness (QED) is 0.0167. The number of hydrogen-bond donors (Lipinski definition) is 8. The van der Waals surface area contributed by atoms with Crippen molar-refractivity contribution in [2.75, 3.05) is 151 Å². The van der Waals surface area contributed by atoms with Gasteiger partial charge in [0.2, 0.25) is 70.9 Å². The minimum Gasteiger partial charge on any atom is -0.368 e. The summed E-state index contributed by atoms with van der Waals surface area (Å²) in [5, 5.41) is 4.36. The lowest BCUT2D eigenvalue weighted by Crippen LogP contribution is -2.54. The maximum atomic E-state index is 16.0. The molecule has 716 valence electrons. The highest BCUT2D eigenvalue weighted by Gasteiger charge is 2.39. The third kappa shape index (κ3) is 33.0. The first-order valence-corrected chi connectivity index (χ1v) is 46.7. The molecule has 31 nitrogen and oxygen atoms in total. The van der Waals surface area contributed by atoms with Gasteiger partial charge in [-0.25, -0.2) is 0 Å². The topological polar surface area (TPSA) is 424 Å². The Hall–Kier alpha value is -12.5. The molecule has 0 unspecified atom stereocenters. The van der Waals surface area contributed by atoms with Gasteiger partial charge >= 0.3 is 0 Å². The van der Waals surface area contributed by atoms with E-state index in [-0.39, 0.29) is 64.8 Å². The number of unbranched alkanes of at least 4 members (excludes halogenated alkanes) is 5. The average Bonchev–Trinajstić information content (AvgIpc) is 1.56. The molecule has 14 N–H and O–H groups in total. The van der Waals surface area contributed by atoms with Crippen LogP contribution < -0.4 is 39.7 Å². The number of carbonyl (C=O) groups is 12. The largest absolute Gasteiger partial charge is 0.368 e. The van der Waals surface area contributed by atoms with Crippen molar-refractivity contribution in [2.45, 2.75) is 148 Å². The number of benzene rings is 7. The minimum absolute atomic E-state index is 0.000103. The zero-order valence-electron chi connectivity index (χ0n) is 78.5. The highest BCUT2D eigenvalue weighted by Crippen LogP contribution is 2.30. The van der Waals surface area contributed by atoms with Crippen LogP contribution in [0.5, 0.6) is 0 Å². The van der Waals surface area contributed by atoms with Crippen LogP contribution in [0.1, 0.15) is 181 Å². The maximum absolute atomic E-state index is 16.0. The van der Waals surface area contributed by atoms with Crippen molar-refractivity contribution in [2.24, 2.45) is 34.4 Å². The SMILES string of the molecule is C[C@@H](c1ccccc1)N(CC(N)=O)C(=O)CN(CCCCN)C(=O)CN(C(=O)CN(C(=O)CN(CCCCN)C(=O)CN(C(=O)CN(C(=O)CN(CCCCN)C(=O)CN(C(=O)CN(CCCCN)C(=O)CN(CCCCN)C(=O)CNCCc1c[nH]c2ccccc12)[C@@H](C)c1ccccc1)[C@@H](C)c1ccccc1)[C@@H](C)c1ccccc1)[C@@H](C)c1ccccc1)[C@@H](C)c1ccccc1. The number of fused-ring (bicyclic) bond motifs is 1. The number of hydrogen-bond acceptors (Lipinski definition) is 18. The lowest BCUT2D eigenvalue weighted by molar-refractivity contribution is -0.152. The zero-order chi connectivity index (χ0) is 96.1. The summed E-state index contributed by atoms with van der Waals surface area (Å²) in [4.78, 5) is 200. The molecule has 0 bridgehead atoms. The summed E-state index contributed by atoms with van der Waals surface area (Å²) in [6.07, 6.45) is 7.10. The van der Waals surface area contributed by atoms with Crippen LogP contribution in [0.2, 0.25) is 0 Å². The van der Waals surface area contributed by atoms with Crippen molar-refractivity contribution >= 4 is 81.8 Å². The van der Waals surface area contributed by atoms with E-state index in [9.17, 15) is 19.2 Å². The fourth-order valence-corrected chi connectivity index (χ4v) is 16.3. The van der Waals surface area contributed by atoms with E-state index in [4.69, 9.17) is 34.4 Å². The van der Waals surface area contributed by atoms with Gasteiger partial charge in [0, 0.05) is 49.8 Å². The van der Waals surface area contributed by atoms with Crippen molar-refractivity contribution in [1.29, 1.82) is 0 Å². The highest BCUT2D eigenvalue weighted by molar-refractivity contribution is 5.96. The van der Waals surface area contributed by atoms with Gasteiger partial charge in [-0.3, -0.25) is 57.5 Å². The van der Waals surface area contributed by atoms with Crippen LogP contribution in [0.4, 0.5) is 0 Å². The van der Waals surface area contributed by atoms with Crippen LogP contribution in [0.25, 0.3) is 10.9 Å². The van der Waals surface area contributed by atoms with Gasteiger partial charge in [-0.1, -0.05) is 200 Å². The Morgan fingerprint density at radius 1 is 0.271 bits per heavy atom. The smallest absolute Gasteiger partial charge is 0.243 e. The lowest BCUT2D eigenvalue weighted by atomic mass is 10.0. The number of para-hydroxylation sites is 1. The van der Waals surface area contributed by atoms with Gasteiger partial charge in [0.05, 0.1) is 82.1 Å². The Labute approximate surface area is 784 Å². The number of amides is 12. The van der Waals surface area contributed by atoms with Gasteiger partial charge in [-0.05, 0) is 196 Å². The van der Waals surface area contributed by atoms with Gasteiger partial charge in [-0.15, -0.1) is 0 Å². The standard InChI is InChI=1S/C102H141N19O12/c1-76(82-37-13-7-14-38-82)116(65-91(108)122)97(128)67-113(60-34-29-54-105)95(126)72-118(78(3)84-41-17-9-18-42-84)101(132)74-121(81(6)87-47-23-12-24-48-87)100(131)70-115(62-36-31-56-107)96(127)73-119(79(4)85-43-19-10-20-44-85)102(133)75-120(80(5)86-45-21-11-22-46-86)99(130)69-114(61-35-30-55-106)94(125)71-117(77(2)83-39-15-8-16-40-83)98(129)68-112(59-33-28-53-104)93(124)66-111(58-32-27-52-103)92(123)64-109-57-51-88-63-110-90-50-26-25-49-89(88)90/h7-26,37-50,63,76-81,109-110H,27-36,51-62,64-75,103-107H2,1-6H3,(H2,108,122)/t76-,77-,78-,79-,80-,81-/m0/s1. The summed E-state index contributed by atoms with van der Waals surface area (Å²) in [7, 11) is 0. The van der Waals surface area contributed by atoms with E-state index in [2.05, 4.69) is 10.3 Å². The fraction of sp³-hybridized carbons (Fsp3) is 0.451. The van der Waals surface area contributed by atoms with E-state index >= 15 is 38.4 Å². The summed E-state index contributed by atoms with van der Waals surface area (Å²) in [5.41, 5.74) is 42.0. The molecule has 0 aliphatic rings. The molecule has 0 aliphatic heterocycles. The van der Waals surface area contributed by atoms with E-state index < -0.39 is 167 Å². The van der Waals surface area contributed by atoms with Crippen LogP contribution >= 0.6 is 0 Å². The second-order valence-corrected chi connectivity index (χ2v) is 34.0. The first-order chi connectivity index (χ1) is 64.2. The number of primary amides is 1. The molecule has 0 saturated carbocycles. The maximum Gasteiger partial charge on any atom is 0.243 e. The number of aromatic amines is 1. The second kappa shape index (κ2) is 56.4. The third-order valence-electron chi connectivity index (χ3n) is 24.6. The van der Waals surface area contributed by atoms with E-state index in [1.54, 1.807) is 102 Å². The molecule has 0 aliphatic carbocycles. The normalized spacial score (nSPS) is 12.5. The molecule has 0 saturated heterocycles. The molecule has 8 aromatic rings. The second-order valence-electron chi connectivity index (χ2n) is 34.0.